The SMILES string of the molecule is N=C(N)c1cccc(Cl)c1F. The van der Waals surface area contributed by atoms with Gasteiger partial charge in [-0.2, -0.15) is 0 Å². The molecule has 0 spiro atoms. The van der Waals surface area contributed by atoms with E-state index in [9.17, 15) is 4.39 Å². The number of benzene rings is 1. The Morgan fingerprint density at radius 3 is 2.64 bits per heavy atom. The molecule has 0 saturated heterocycles. The molecule has 3 N–H and O–H groups in total. The van der Waals surface area contributed by atoms with Crippen LogP contribution in [0.3, 0.4) is 0 Å². The molecule has 0 radical (unpaired) electrons. The summed E-state index contributed by atoms with van der Waals surface area (Å²) in [6.45, 7) is 0. The van der Waals surface area contributed by atoms with E-state index in [2.05, 4.69) is 0 Å². The second-order valence-electron chi connectivity index (χ2n) is 2.02. The number of halogens is 2. The first-order valence-corrected chi connectivity index (χ1v) is 3.29. The maximum Gasteiger partial charge on any atom is 0.152 e. The van der Waals surface area contributed by atoms with Crippen molar-refractivity contribution in [2.24, 2.45) is 5.73 Å². The molecule has 1 aromatic carbocycles. The van der Waals surface area contributed by atoms with Gasteiger partial charge in [0, 0.05) is 0 Å². The fourth-order valence-corrected chi connectivity index (χ4v) is 0.886. The van der Waals surface area contributed by atoms with Crippen LogP contribution in [-0.2, 0) is 0 Å². The average molecular weight is 173 g/mol. The van der Waals surface area contributed by atoms with Gasteiger partial charge in [-0.05, 0) is 12.1 Å². The molecule has 0 aliphatic heterocycles. The third kappa shape index (κ3) is 1.49. The van der Waals surface area contributed by atoms with Crippen molar-refractivity contribution in [2.45, 2.75) is 0 Å². The van der Waals surface area contributed by atoms with E-state index in [4.69, 9.17) is 22.7 Å². The summed E-state index contributed by atoms with van der Waals surface area (Å²) >= 11 is 5.43. The smallest absolute Gasteiger partial charge is 0.152 e. The lowest BCUT2D eigenvalue weighted by molar-refractivity contribution is 0.625. The number of amidine groups is 1. The Morgan fingerprint density at radius 2 is 2.18 bits per heavy atom. The molecule has 0 heterocycles. The minimum Gasteiger partial charge on any atom is -0.384 e. The van der Waals surface area contributed by atoms with E-state index < -0.39 is 5.82 Å². The van der Waals surface area contributed by atoms with Gasteiger partial charge in [0.15, 0.2) is 5.82 Å². The van der Waals surface area contributed by atoms with E-state index in [1.807, 2.05) is 0 Å². The number of rotatable bonds is 1. The first kappa shape index (κ1) is 8.01. The minimum atomic E-state index is -0.637. The van der Waals surface area contributed by atoms with Gasteiger partial charge in [-0.25, -0.2) is 4.39 Å². The van der Waals surface area contributed by atoms with Gasteiger partial charge in [-0.15, -0.1) is 0 Å². The van der Waals surface area contributed by atoms with Crippen molar-refractivity contribution in [2.75, 3.05) is 0 Å². The van der Waals surface area contributed by atoms with Crippen molar-refractivity contribution in [1.82, 2.24) is 0 Å². The van der Waals surface area contributed by atoms with E-state index in [-0.39, 0.29) is 16.4 Å². The Labute approximate surface area is 68.3 Å². The van der Waals surface area contributed by atoms with Crippen LogP contribution in [0.15, 0.2) is 18.2 Å². The fourth-order valence-electron chi connectivity index (χ4n) is 0.712. The Morgan fingerprint density at radius 1 is 1.55 bits per heavy atom. The van der Waals surface area contributed by atoms with Gasteiger partial charge >= 0.3 is 0 Å². The van der Waals surface area contributed by atoms with E-state index in [0.717, 1.165) is 0 Å². The third-order valence-electron chi connectivity index (χ3n) is 1.24. The molecule has 0 aromatic heterocycles. The monoisotopic (exact) mass is 172 g/mol. The quantitative estimate of drug-likeness (QED) is 0.492. The van der Waals surface area contributed by atoms with Gasteiger partial charge < -0.3 is 5.73 Å². The van der Waals surface area contributed by atoms with Crippen LogP contribution in [0.4, 0.5) is 4.39 Å². The first-order chi connectivity index (χ1) is 5.13. The molecule has 0 amide bonds. The molecule has 0 aliphatic carbocycles. The molecule has 0 bridgehead atoms. The highest BCUT2D eigenvalue weighted by Crippen LogP contribution is 2.16. The van der Waals surface area contributed by atoms with E-state index in [1.165, 1.54) is 12.1 Å². The molecular formula is C7H6ClFN2. The highest BCUT2D eigenvalue weighted by Gasteiger charge is 2.07. The Kier molecular flexibility index (Phi) is 2.10. The lowest BCUT2D eigenvalue weighted by Crippen LogP contribution is -2.13. The van der Waals surface area contributed by atoms with Crippen molar-refractivity contribution in [1.29, 1.82) is 5.41 Å². The molecule has 0 unspecified atom stereocenters. The summed E-state index contributed by atoms with van der Waals surface area (Å²) in [7, 11) is 0. The lowest BCUT2D eigenvalue weighted by atomic mass is 10.2. The number of hydrogen-bond donors (Lipinski definition) is 2. The zero-order valence-corrected chi connectivity index (χ0v) is 6.32. The standard InChI is InChI=1S/C7H6ClFN2/c8-5-3-1-2-4(6(5)9)7(10)11/h1-3H,(H3,10,11). The van der Waals surface area contributed by atoms with E-state index >= 15 is 0 Å². The van der Waals surface area contributed by atoms with Crippen LogP contribution in [0.25, 0.3) is 0 Å². The molecule has 0 fully saturated rings. The first-order valence-electron chi connectivity index (χ1n) is 2.91. The van der Waals surface area contributed by atoms with Crippen LogP contribution in [-0.4, -0.2) is 5.84 Å². The summed E-state index contributed by atoms with van der Waals surface area (Å²) in [5.41, 5.74) is 5.11. The lowest BCUT2D eigenvalue weighted by Gasteiger charge is -2.00. The average Bonchev–Trinajstić information content (AvgIpc) is 1.94. The van der Waals surface area contributed by atoms with Crippen molar-refractivity contribution in [3.05, 3.63) is 34.6 Å². The van der Waals surface area contributed by atoms with Gasteiger partial charge in [-0.3, -0.25) is 5.41 Å². The van der Waals surface area contributed by atoms with Crippen molar-refractivity contribution >= 4 is 17.4 Å². The number of nitrogen functional groups attached to an aromatic ring is 1. The zero-order chi connectivity index (χ0) is 8.43. The van der Waals surface area contributed by atoms with Crippen molar-refractivity contribution in [3.8, 4) is 0 Å². The molecule has 0 saturated carbocycles. The zero-order valence-electron chi connectivity index (χ0n) is 5.57. The summed E-state index contributed by atoms with van der Waals surface area (Å²) in [5.74, 6) is -0.952. The predicted molar refractivity (Wildman–Crippen MR) is 42.4 cm³/mol. The molecule has 0 aliphatic rings. The van der Waals surface area contributed by atoms with Crippen LogP contribution in [0.2, 0.25) is 5.02 Å². The maximum atomic E-state index is 12.9. The fraction of sp³-hybridized carbons (Fsp3) is 0. The van der Waals surface area contributed by atoms with Crippen LogP contribution < -0.4 is 5.73 Å². The van der Waals surface area contributed by atoms with E-state index in [1.54, 1.807) is 6.07 Å². The summed E-state index contributed by atoms with van der Waals surface area (Å²) < 4.78 is 12.9. The van der Waals surface area contributed by atoms with Crippen LogP contribution >= 0.6 is 11.6 Å². The molecule has 1 rings (SSSR count). The third-order valence-corrected chi connectivity index (χ3v) is 1.53. The van der Waals surface area contributed by atoms with Crippen LogP contribution in [0.1, 0.15) is 5.56 Å². The summed E-state index contributed by atoms with van der Waals surface area (Å²) in [6, 6.07) is 4.36. The summed E-state index contributed by atoms with van der Waals surface area (Å²) in [6.07, 6.45) is 0. The highest BCUT2D eigenvalue weighted by atomic mass is 35.5. The van der Waals surface area contributed by atoms with Gasteiger partial charge in [0.05, 0.1) is 10.6 Å². The highest BCUT2D eigenvalue weighted by molar-refractivity contribution is 6.31. The molecule has 0 atom stereocenters. The largest absolute Gasteiger partial charge is 0.384 e. The molecule has 1 aromatic rings. The van der Waals surface area contributed by atoms with Gasteiger partial charge in [0.2, 0.25) is 0 Å². The molecular weight excluding hydrogens is 167 g/mol. The Bertz CT molecular complexity index is 298. The molecule has 4 heteroatoms. The Hall–Kier alpha value is -1.09. The topological polar surface area (TPSA) is 49.9 Å². The molecule has 2 nitrogen and oxygen atoms in total. The normalized spacial score (nSPS) is 9.64. The van der Waals surface area contributed by atoms with E-state index in [0.29, 0.717) is 0 Å². The Balaban J connectivity index is 3.27. The predicted octanol–water partition coefficient (Wildman–Crippen LogP) is 1.76. The maximum absolute atomic E-state index is 12.9. The second kappa shape index (κ2) is 2.88. The van der Waals surface area contributed by atoms with Crippen LogP contribution in [0, 0.1) is 11.2 Å². The van der Waals surface area contributed by atoms with Gasteiger partial charge in [0.25, 0.3) is 0 Å². The second-order valence-corrected chi connectivity index (χ2v) is 2.42. The molecule has 11 heavy (non-hydrogen) atoms. The molecule has 58 valence electrons. The van der Waals surface area contributed by atoms with Crippen molar-refractivity contribution < 1.29 is 4.39 Å². The van der Waals surface area contributed by atoms with Gasteiger partial charge in [-0.1, -0.05) is 17.7 Å². The number of hydrogen-bond acceptors (Lipinski definition) is 1. The van der Waals surface area contributed by atoms with Gasteiger partial charge in [0.1, 0.15) is 5.84 Å². The van der Waals surface area contributed by atoms with Crippen molar-refractivity contribution in [3.63, 3.8) is 0 Å². The minimum absolute atomic E-state index is 0.0160. The summed E-state index contributed by atoms with van der Waals surface area (Å²) in [4.78, 5) is 0. The summed E-state index contributed by atoms with van der Waals surface area (Å²) in [5, 5.41) is 6.94. The number of nitrogens with one attached hydrogen (secondary N) is 1. The van der Waals surface area contributed by atoms with Crippen LogP contribution in [0.5, 0.6) is 0 Å². The number of nitrogens with two attached hydrogens (primary N) is 1.